The van der Waals surface area contributed by atoms with Crippen LogP contribution in [0.3, 0.4) is 0 Å². The average molecular weight is 543 g/mol. The van der Waals surface area contributed by atoms with E-state index in [0.717, 1.165) is 21.1 Å². The number of benzene rings is 2. The molecule has 1 unspecified atom stereocenters. The standard InChI is InChI=1S/C28H38N4O5S/c1-19(2)18-32(38(36,37)22-13-11-20(3)12-14-22)26(28(34)35)10-6-7-15-30-27(33)24(29)16-21-17-31-25-9-5-4-8-23(21)25/h4-5,8-9,11-14,17,19,21,24,26H,6-7,10,15-16,18,29H2,1-3H3,(H,30,33)(H,34,35)/t21?,24-,26-/m0/s1. The quantitative estimate of drug-likeness (QED) is 0.311. The Morgan fingerprint density at radius 3 is 2.45 bits per heavy atom. The van der Waals surface area contributed by atoms with Crippen molar-refractivity contribution in [2.75, 3.05) is 13.1 Å². The van der Waals surface area contributed by atoms with Crippen LogP contribution in [0.2, 0.25) is 0 Å². The fourth-order valence-electron chi connectivity index (χ4n) is 4.53. The number of carbonyl (C=O) groups excluding carboxylic acids is 1. The fourth-order valence-corrected chi connectivity index (χ4v) is 6.31. The Morgan fingerprint density at radius 1 is 1.11 bits per heavy atom. The van der Waals surface area contributed by atoms with Crippen LogP contribution in [-0.4, -0.2) is 61.1 Å². The average Bonchev–Trinajstić information content (AvgIpc) is 3.27. The Bertz CT molecular complexity index is 1240. The predicted octanol–water partition coefficient (Wildman–Crippen LogP) is 3.60. The van der Waals surface area contributed by atoms with Gasteiger partial charge in [0.2, 0.25) is 15.9 Å². The van der Waals surface area contributed by atoms with Crippen molar-refractivity contribution in [2.24, 2.45) is 16.6 Å². The summed E-state index contributed by atoms with van der Waals surface area (Å²) in [6, 6.07) is 12.3. The topological polar surface area (TPSA) is 142 Å². The van der Waals surface area contributed by atoms with Crippen LogP contribution in [0.1, 0.15) is 56.6 Å². The molecule has 0 fully saturated rings. The highest BCUT2D eigenvalue weighted by Crippen LogP contribution is 2.34. The van der Waals surface area contributed by atoms with Gasteiger partial charge in [-0.1, -0.05) is 49.7 Å². The monoisotopic (exact) mass is 542 g/mol. The third kappa shape index (κ3) is 7.49. The number of hydrogen-bond donors (Lipinski definition) is 3. The minimum Gasteiger partial charge on any atom is -0.480 e. The molecule has 2 aromatic carbocycles. The van der Waals surface area contributed by atoms with Crippen molar-refractivity contribution in [3.8, 4) is 0 Å². The van der Waals surface area contributed by atoms with E-state index in [1.54, 1.807) is 12.1 Å². The van der Waals surface area contributed by atoms with Gasteiger partial charge in [-0.05, 0) is 62.3 Å². The number of aryl methyl sites for hydroxylation is 1. The van der Waals surface area contributed by atoms with Gasteiger partial charge in [0.15, 0.2) is 0 Å². The Balaban J connectivity index is 1.53. The Kier molecular flexibility index (Phi) is 10.2. The number of carbonyl (C=O) groups is 2. The largest absolute Gasteiger partial charge is 0.480 e. The fraction of sp³-hybridized carbons (Fsp3) is 0.464. The van der Waals surface area contributed by atoms with Gasteiger partial charge in [0.1, 0.15) is 6.04 Å². The van der Waals surface area contributed by atoms with Gasteiger partial charge >= 0.3 is 5.97 Å². The normalized spacial score (nSPS) is 16.4. The van der Waals surface area contributed by atoms with Crippen LogP contribution in [0.15, 0.2) is 58.4 Å². The maximum absolute atomic E-state index is 13.4. The molecule has 0 bridgehead atoms. The van der Waals surface area contributed by atoms with E-state index in [1.165, 1.54) is 12.1 Å². The second-order valence-corrected chi connectivity index (χ2v) is 12.1. The van der Waals surface area contributed by atoms with Gasteiger partial charge in [0, 0.05) is 25.2 Å². The SMILES string of the molecule is Cc1ccc(S(=O)(=O)N(CC(C)C)[C@@H](CCCCNC(=O)[C@@H](N)CC2C=Nc3ccccc32)C(=O)O)cc1. The lowest BCUT2D eigenvalue weighted by molar-refractivity contribution is -0.142. The van der Waals surface area contributed by atoms with Gasteiger partial charge < -0.3 is 16.2 Å². The summed E-state index contributed by atoms with van der Waals surface area (Å²) in [5.74, 6) is -1.53. The second kappa shape index (κ2) is 13.1. The minimum absolute atomic E-state index is 0.00862. The molecule has 1 heterocycles. The van der Waals surface area contributed by atoms with Crippen LogP contribution in [-0.2, 0) is 19.6 Å². The van der Waals surface area contributed by atoms with E-state index in [-0.39, 0.29) is 35.6 Å². The molecule has 0 saturated carbocycles. The molecule has 0 spiro atoms. The first-order chi connectivity index (χ1) is 18.0. The molecule has 38 heavy (non-hydrogen) atoms. The molecular formula is C28H38N4O5S. The van der Waals surface area contributed by atoms with Gasteiger partial charge in [-0.3, -0.25) is 14.6 Å². The highest BCUT2D eigenvalue weighted by molar-refractivity contribution is 7.89. The third-order valence-electron chi connectivity index (χ3n) is 6.58. The van der Waals surface area contributed by atoms with E-state index in [4.69, 9.17) is 5.73 Å². The summed E-state index contributed by atoms with van der Waals surface area (Å²) in [6.45, 7) is 5.97. The zero-order valence-corrected chi connectivity index (χ0v) is 23.0. The predicted molar refractivity (Wildman–Crippen MR) is 148 cm³/mol. The van der Waals surface area contributed by atoms with Crippen molar-refractivity contribution in [1.29, 1.82) is 0 Å². The number of nitrogens with zero attached hydrogens (tertiary/aromatic N) is 2. The maximum Gasteiger partial charge on any atom is 0.322 e. The Morgan fingerprint density at radius 2 is 1.79 bits per heavy atom. The van der Waals surface area contributed by atoms with Crippen LogP contribution in [0.25, 0.3) is 0 Å². The maximum atomic E-state index is 13.4. The van der Waals surface area contributed by atoms with Crippen molar-refractivity contribution in [3.63, 3.8) is 0 Å². The number of rotatable bonds is 14. The van der Waals surface area contributed by atoms with Crippen LogP contribution < -0.4 is 11.1 Å². The molecule has 0 radical (unpaired) electrons. The number of nitrogens with two attached hydrogens (primary N) is 1. The Hall–Kier alpha value is -3.08. The number of aliphatic imine (C=N–C) groups is 1. The molecule has 0 aromatic heterocycles. The summed E-state index contributed by atoms with van der Waals surface area (Å²) in [7, 11) is -4.00. The number of amides is 1. The zero-order chi connectivity index (χ0) is 27.9. The van der Waals surface area contributed by atoms with Gasteiger partial charge in [-0.15, -0.1) is 0 Å². The molecule has 0 aliphatic carbocycles. The number of carboxylic acid groups (broad SMARTS) is 1. The van der Waals surface area contributed by atoms with Crippen molar-refractivity contribution < 1.29 is 23.1 Å². The molecule has 9 nitrogen and oxygen atoms in total. The first-order valence-corrected chi connectivity index (χ1v) is 14.4. The van der Waals surface area contributed by atoms with Crippen molar-refractivity contribution >= 4 is 33.8 Å². The molecule has 1 amide bonds. The number of sulfonamides is 1. The summed E-state index contributed by atoms with van der Waals surface area (Å²) >= 11 is 0. The van der Waals surface area contributed by atoms with E-state index < -0.39 is 28.1 Å². The molecule has 10 heteroatoms. The van der Waals surface area contributed by atoms with E-state index in [9.17, 15) is 23.1 Å². The van der Waals surface area contributed by atoms with E-state index in [1.807, 2.05) is 51.3 Å². The molecule has 1 aliphatic rings. The smallest absolute Gasteiger partial charge is 0.322 e. The van der Waals surface area contributed by atoms with Crippen molar-refractivity contribution in [1.82, 2.24) is 9.62 Å². The molecular weight excluding hydrogens is 504 g/mol. The summed E-state index contributed by atoms with van der Waals surface area (Å²) in [6.07, 6.45) is 3.31. The Labute approximate surface area is 225 Å². The number of nitrogens with one attached hydrogen (secondary N) is 1. The summed E-state index contributed by atoms with van der Waals surface area (Å²) in [5.41, 5.74) is 9.00. The van der Waals surface area contributed by atoms with Gasteiger partial charge in [-0.25, -0.2) is 8.42 Å². The molecule has 2 aromatic rings. The number of hydrogen-bond acceptors (Lipinski definition) is 6. The van der Waals surface area contributed by atoms with Crippen molar-refractivity contribution in [3.05, 3.63) is 59.7 Å². The molecule has 4 N–H and O–H groups in total. The number of para-hydroxylation sites is 1. The minimum atomic E-state index is -4.00. The first-order valence-electron chi connectivity index (χ1n) is 13.0. The number of aliphatic carboxylic acids is 1. The molecule has 206 valence electrons. The third-order valence-corrected chi connectivity index (χ3v) is 8.47. The van der Waals surface area contributed by atoms with Gasteiger partial charge in [0.05, 0.1) is 16.6 Å². The first kappa shape index (κ1) is 29.5. The van der Waals surface area contributed by atoms with Gasteiger partial charge in [-0.2, -0.15) is 4.31 Å². The molecule has 1 aliphatic heterocycles. The lowest BCUT2D eigenvalue weighted by Gasteiger charge is -2.29. The number of carboxylic acids is 1. The zero-order valence-electron chi connectivity index (χ0n) is 22.2. The van der Waals surface area contributed by atoms with Crippen LogP contribution in [0, 0.1) is 12.8 Å². The highest BCUT2D eigenvalue weighted by Gasteiger charge is 2.36. The number of fused-ring (bicyclic) bond motifs is 1. The van der Waals surface area contributed by atoms with Crippen LogP contribution in [0.4, 0.5) is 5.69 Å². The highest BCUT2D eigenvalue weighted by atomic mass is 32.2. The van der Waals surface area contributed by atoms with Crippen LogP contribution >= 0.6 is 0 Å². The van der Waals surface area contributed by atoms with E-state index in [0.29, 0.717) is 25.8 Å². The van der Waals surface area contributed by atoms with E-state index in [2.05, 4.69) is 10.3 Å². The summed E-state index contributed by atoms with van der Waals surface area (Å²) < 4.78 is 27.9. The summed E-state index contributed by atoms with van der Waals surface area (Å²) in [5, 5.41) is 12.7. The molecule has 3 atom stereocenters. The number of unbranched alkanes of at least 4 members (excludes halogenated alkanes) is 1. The van der Waals surface area contributed by atoms with E-state index >= 15 is 0 Å². The van der Waals surface area contributed by atoms with Crippen molar-refractivity contribution in [2.45, 2.75) is 69.4 Å². The van der Waals surface area contributed by atoms with Crippen LogP contribution in [0.5, 0.6) is 0 Å². The summed E-state index contributed by atoms with van der Waals surface area (Å²) in [4.78, 5) is 29.1. The lowest BCUT2D eigenvalue weighted by Crippen LogP contribution is -2.46. The molecule has 3 rings (SSSR count). The second-order valence-electron chi connectivity index (χ2n) is 10.2. The lowest BCUT2D eigenvalue weighted by atomic mass is 9.94. The van der Waals surface area contributed by atoms with Gasteiger partial charge in [0.25, 0.3) is 0 Å². The molecule has 0 saturated heterocycles.